The van der Waals surface area contributed by atoms with Crippen molar-refractivity contribution in [2.75, 3.05) is 6.61 Å². The smallest absolute Gasteiger partial charge is 0.459 e. The highest BCUT2D eigenvalue weighted by Crippen LogP contribution is 2.89. The number of esters is 1. The molecule has 0 heterocycles. The van der Waals surface area contributed by atoms with Gasteiger partial charge in [0.15, 0.2) is 0 Å². The number of carbonyl (C=O) groups excluding carboxylic acids is 1. The Morgan fingerprint density at radius 1 is 1.14 bits per heavy atom. The Morgan fingerprint density at radius 3 is 2.55 bits per heavy atom. The standard InChI is InChI=1S/C15H15F3I2O2/c16-15(17,18)13(21)22-2-1-14-9-5-3-4-6(7(5)12(14)20)10(14)11(19)8(4)9/h4-12H,1-3H2. The van der Waals surface area contributed by atoms with Gasteiger partial charge in [0, 0.05) is 7.85 Å². The van der Waals surface area contributed by atoms with Gasteiger partial charge < -0.3 is 4.74 Å². The molecular weight excluding hydrogens is 523 g/mol. The Kier molecular flexibility index (Phi) is 2.92. The van der Waals surface area contributed by atoms with Crippen LogP contribution in [0.25, 0.3) is 0 Å². The highest BCUT2D eigenvalue weighted by Gasteiger charge is 2.87. The van der Waals surface area contributed by atoms with Gasteiger partial charge in [0.25, 0.3) is 0 Å². The second kappa shape index (κ2) is 4.27. The third-order valence-corrected chi connectivity index (χ3v) is 11.2. The maximum Gasteiger partial charge on any atom is 0.490 e. The molecule has 0 spiro atoms. The van der Waals surface area contributed by atoms with Crippen LogP contribution in [0.15, 0.2) is 0 Å². The molecule has 22 heavy (non-hydrogen) atoms. The normalized spacial score (nSPS) is 59.2. The van der Waals surface area contributed by atoms with E-state index in [9.17, 15) is 18.0 Å². The lowest BCUT2D eigenvalue weighted by molar-refractivity contribution is -0.200. The van der Waals surface area contributed by atoms with Gasteiger partial charge in [-0.25, -0.2) is 4.79 Å². The molecule has 7 heteroatoms. The lowest BCUT2D eigenvalue weighted by Crippen LogP contribution is -2.41. The van der Waals surface area contributed by atoms with Crippen LogP contribution in [0.2, 0.25) is 0 Å². The van der Waals surface area contributed by atoms with E-state index in [1.807, 2.05) is 0 Å². The summed E-state index contributed by atoms with van der Waals surface area (Å²) >= 11 is 5.18. The van der Waals surface area contributed by atoms with E-state index in [1.54, 1.807) is 0 Å². The molecule has 6 aliphatic rings. The lowest BCUT2D eigenvalue weighted by atomic mass is 9.62. The van der Waals surface area contributed by atoms with Crippen LogP contribution < -0.4 is 0 Å². The fraction of sp³-hybridized carbons (Fsp3) is 0.933. The fourth-order valence-corrected chi connectivity index (χ4v) is 11.9. The van der Waals surface area contributed by atoms with Gasteiger partial charge in [0.05, 0.1) is 6.61 Å². The Bertz CT molecular complexity index is 563. The SMILES string of the molecule is O=C(OCCC12C(I)C3C4CC5C3C1C(I)C5C42)C(F)(F)F. The van der Waals surface area contributed by atoms with Gasteiger partial charge >= 0.3 is 12.1 Å². The van der Waals surface area contributed by atoms with Crippen molar-refractivity contribution in [3.05, 3.63) is 0 Å². The first-order valence-corrected chi connectivity index (χ1v) is 10.3. The van der Waals surface area contributed by atoms with E-state index in [0.717, 1.165) is 29.6 Å². The molecule has 0 aromatic rings. The molecule has 10 unspecified atom stereocenters. The Labute approximate surface area is 153 Å². The van der Waals surface area contributed by atoms with Crippen molar-refractivity contribution in [3.63, 3.8) is 0 Å². The second-order valence-corrected chi connectivity index (χ2v) is 10.5. The summed E-state index contributed by atoms with van der Waals surface area (Å²) in [4.78, 5) is 11.0. The number of hydrogen-bond acceptors (Lipinski definition) is 2. The number of hydrogen-bond donors (Lipinski definition) is 0. The first kappa shape index (κ1) is 15.0. The summed E-state index contributed by atoms with van der Waals surface area (Å²) in [5, 5.41) is 0. The summed E-state index contributed by atoms with van der Waals surface area (Å²) in [5.74, 6) is 3.38. The molecule has 6 aliphatic carbocycles. The monoisotopic (exact) mass is 538 g/mol. The Balaban J connectivity index is 1.39. The minimum absolute atomic E-state index is 0.0717. The second-order valence-electron chi connectivity index (χ2n) is 7.69. The van der Waals surface area contributed by atoms with Crippen molar-refractivity contribution in [2.24, 2.45) is 46.8 Å². The first-order valence-electron chi connectivity index (χ1n) is 7.82. The number of rotatable bonds is 3. The Hall–Kier alpha value is 0.720. The molecule has 0 aromatic carbocycles. The fourth-order valence-electron chi connectivity index (χ4n) is 7.59. The van der Waals surface area contributed by atoms with E-state index in [0.29, 0.717) is 26.1 Å². The van der Waals surface area contributed by atoms with Crippen molar-refractivity contribution >= 4 is 51.2 Å². The topological polar surface area (TPSA) is 26.3 Å². The van der Waals surface area contributed by atoms with Crippen LogP contribution in [0.5, 0.6) is 0 Å². The number of carbonyl (C=O) groups is 1. The zero-order chi connectivity index (χ0) is 15.6. The van der Waals surface area contributed by atoms with Crippen molar-refractivity contribution < 1.29 is 22.7 Å². The number of alkyl halides is 5. The molecule has 6 rings (SSSR count). The minimum atomic E-state index is -4.87. The molecule has 0 amide bonds. The highest BCUT2D eigenvalue weighted by atomic mass is 127. The molecule has 2 nitrogen and oxygen atoms in total. The Morgan fingerprint density at radius 2 is 1.86 bits per heavy atom. The van der Waals surface area contributed by atoms with Gasteiger partial charge in [-0.3, -0.25) is 0 Å². The quantitative estimate of drug-likeness (QED) is 0.311. The average molecular weight is 538 g/mol. The number of halogens is 5. The molecule has 122 valence electrons. The third kappa shape index (κ3) is 1.41. The van der Waals surface area contributed by atoms with E-state index < -0.39 is 12.1 Å². The zero-order valence-electron chi connectivity index (χ0n) is 11.5. The summed E-state index contributed by atoms with van der Waals surface area (Å²) in [7, 11) is 0. The molecule has 6 fully saturated rings. The average Bonchev–Trinajstić information content (AvgIpc) is 3.14. The third-order valence-electron chi connectivity index (χ3n) is 7.57. The molecule has 0 aromatic heterocycles. The first-order chi connectivity index (χ1) is 10.3. The van der Waals surface area contributed by atoms with Gasteiger partial charge in [-0.1, -0.05) is 45.2 Å². The van der Waals surface area contributed by atoms with Crippen LogP contribution in [-0.2, 0) is 9.53 Å². The summed E-state index contributed by atoms with van der Waals surface area (Å²) in [6, 6.07) is 0. The largest absolute Gasteiger partial charge is 0.490 e. The van der Waals surface area contributed by atoms with Crippen molar-refractivity contribution in [1.29, 1.82) is 0 Å². The van der Waals surface area contributed by atoms with E-state index in [-0.39, 0.29) is 12.0 Å². The van der Waals surface area contributed by atoms with Crippen LogP contribution in [0.1, 0.15) is 12.8 Å². The molecule has 0 saturated heterocycles. The predicted molar refractivity (Wildman–Crippen MR) is 88.7 cm³/mol. The summed E-state index contributed by atoms with van der Waals surface area (Å²) < 4.78 is 42.7. The molecular formula is C15H15F3I2O2. The number of ether oxygens (including phenoxy) is 1. The van der Waals surface area contributed by atoms with Gasteiger partial charge in [0.1, 0.15) is 0 Å². The van der Waals surface area contributed by atoms with Crippen molar-refractivity contribution in [3.8, 4) is 0 Å². The van der Waals surface area contributed by atoms with Crippen molar-refractivity contribution in [1.82, 2.24) is 0 Å². The predicted octanol–water partition coefficient (Wildman–Crippen LogP) is 3.85. The molecule has 10 atom stereocenters. The van der Waals surface area contributed by atoms with E-state index >= 15 is 0 Å². The lowest BCUT2D eigenvalue weighted by Gasteiger charge is -2.42. The molecule has 6 saturated carbocycles. The molecule has 0 N–H and O–H groups in total. The minimum Gasteiger partial charge on any atom is -0.459 e. The van der Waals surface area contributed by atoms with Crippen LogP contribution >= 0.6 is 45.2 Å². The van der Waals surface area contributed by atoms with E-state index in [4.69, 9.17) is 0 Å². The molecule has 0 aliphatic heterocycles. The summed E-state index contributed by atoms with van der Waals surface area (Å²) in [6.45, 7) is -0.0717. The van der Waals surface area contributed by atoms with Crippen LogP contribution in [0.4, 0.5) is 13.2 Å². The van der Waals surface area contributed by atoms with E-state index in [2.05, 4.69) is 49.9 Å². The molecule has 6 bridgehead atoms. The van der Waals surface area contributed by atoms with E-state index in [1.165, 1.54) is 6.42 Å². The van der Waals surface area contributed by atoms with Gasteiger partial charge in [-0.15, -0.1) is 0 Å². The van der Waals surface area contributed by atoms with Crippen LogP contribution in [0.3, 0.4) is 0 Å². The maximum absolute atomic E-state index is 12.3. The van der Waals surface area contributed by atoms with Gasteiger partial charge in [-0.2, -0.15) is 13.2 Å². The van der Waals surface area contributed by atoms with Gasteiger partial charge in [0.2, 0.25) is 0 Å². The summed E-state index contributed by atoms with van der Waals surface area (Å²) in [6.07, 6.45) is -2.89. The summed E-state index contributed by atoms with van der Waals surface area (Å²) in [5.41, 5.74) is 0.149. The molecule has 0 radical (unpaired) electrons. The van der Waals surface area contributed by atoms with Crippen molar-refractivity contribution in [2.45, 2.75) is 26.9 Å². The van der Waals surface area contributed by atoms with Gasteiger partial charge in [-0.05, 0) is 59.7 Å². The van der Waals surface area contributed by atoms with Crippen LogP contribution in [0, 0.1) is 46.8 Å². The zero-order valence-corrected chi connectivity index (χ0v) is 15.8. The van der Waals surface area contributed by atoms with Crippen LogP contribution in [-0.4, -0.2) is 26.6 Å². The highest BCUT2D eigenvalue weighted by molar-refractivity contribution is 14.1. The maximum atomic E-state index is 12.3.